The molecule has 1 saturated carbocycles. The highest BCUT2D eigenvalue weighted by molar-refractivity contribution is 5.95. The van der Waals surface area contributed by atoms with Gasteiger partial charge in [-0.25, -0.2) is 4.79 Å². The van der Waals surface area contributed by atoms with Gasteiger partial charge in [-0.3, -0.25) is 4.79 Å². The number of nitrogens with one attached hydrogen (secondary N) is 4. The fourth-order valence-electron chi connectivity index (χ4n) is 3.76. The van der Waals surface area contributed by atoms with Gasteiger partial charge in [0.05, 0.1) is 0 Å². The fourth-order valence-corrected chi connectivity index (χ4v) is 3.76. The summed E-state index contributed by atoms with van der Waals surface area (Å²) in [5, 5.41) is 12.2. The Balaban J connectivity index is 1.53. The standard InChI is InChI=1S/C20H30N4O2/c1-14-6-7-17(23-19(25)16-4-2-3-5-16)12-18(14)24-20(26)22-13-15-8-10-21-11-9-15/h6-7,12,15-16,21H,2-5,8-11,13H2,1H3,(H,23,25)(H2,22,24,26). The van der Waals surface area contributed by atoms with Gasteiger partial charge in [0.25, 0.3) is 0 Å². The molecule has 2 fully saturated rings. The lowest BCUT2D eigenvalue weighted by Crippen LogP contribution is -2.37. The smallest absolute Gasteiger partial charge is 0.319 e. The van der Waals surface area contributed by atoms with Crippen molar-refractivity contribution in [1.29, 1.82) is 0 Å². The highest BCUT2D eigenvalue weighted by Crippen LogP contribution is 2.27. The second-order valence-corrected chi connectivity index (χ2v) is 7.53. The number of anilines is 2. The highest BCUT2D eigenvalue weighted by Gasteiger charge is 2.22. The summed E-state index contributed by atoms with van der Waals surface area (Å²) in [4.78, 5) is 24.5. The van der Waals surface area contributed by atoms with Crippen LogP contribution in [0.2, 0.25) is 0 Å². The van der Waals surface area contributed by atoms with E-state index in [0.717, 1.165) is 68.6 Å². The molecule has 3 rings (SSSR count). The van der Waals surface area contributed by atoms with E-state index in [9.17, 15) is 9.59 Å². The number of rotatable bonds is 5. The van der Waals surface area contributed by atoms with Crippen molar-refractivity contribution < 1.29 is 9.59 Å². The van der Waals surface area contributed by atoms with E-state index in [1.165, 1.54) is 0 Å². The number of hydrogen-bond donors (Lipinski definition) is 4. The van der Waals surface area contributed by atoms with Gasteiger partial charge in [-0.2, -0.15) is 0 Å². The summed E-state index contributed by atoms with van der Waals surface area (Å²) in [6, 6.07) is 5.46. The zero-order valence-corrected chi connectivity index (χ0v) is 15.6. The first-order chi connectivity index (χ1) is 12.6. The van der Waals surface area contributed by atoms with Gasteiger partial charge >= 0.3 is 6.03 Å². The van der Waals surface area contributed by atoms with Crippen molar-refractivity contribution in [2.75, 3.05) is 30.3 Å². The molecule has 26 heavy (non-hydrogen) atoms. The quantitative estimate of drug-likeness (QED) is 0.652. The molecule has 0 radical (unpaired) electrons. The number of benzene rings is 1. The third kappa shape index (κ3) is 5.21. The van der Waals surface area contributed by atoms with Gasteiger partial charge in [-0.1, -0.05) is 18.9 Å². The Morgan fingerprint density at radius 1 is 1.08 bits per heavy atom. The molecule has 0 atom stereocenters. The van der Waals surface area contributed by atoms with Crippen molar-refractivity contribution in [2.24, 2.45) is 11.8 Å². The molecule has 1 aromatic carbocycles. The molecule has 1 saturated heterocycles. The molecule has 0 bridgehead atoms. The Hall–Kier alpha value is -2.08. The fraction of sp³-hybridized carbons (Fsp3) is 0.600. The Morgan fingerprint density at radius 3 is 2.54 bits per heavy atom. The third-order valence-corrected chi connectivity index (χ3v) is 5.49. The van der Waals surface area contributed by atoms with Gasteiger partial charge in [0.1, 0.15) is 0 Å². The lowest BCUT2D eigenvalue weighted by atomic mass is 9.98. The van der Waals surface area contributed by atoms with Crippen LogP contribution in [0.1, 0.15) is 44.1 Å². The minimum Gasteiger partial charge on any atom is -0.338 e. The summed E-state index contributed by atoms with van der Waals surface area (Å²) in [5.74, 6) is 0.758. The molecule has 1 aliphatic carbocycles. The number of carbonyl (C=O) groups is 2. The summed E-state index contributed by atoms with van der Waals surface area (Å²) < 4.78 is 0. The maximum atomic E-state index is 12.3. The Kier molecular flexibility index (Phi) is 6.50. The van der Waals surface area contributed by atoms with Crippen LogP contribution < -0.4 is 21.3 Å². The lowest BCUT2D eigenvalue weighted by molar-refractivity contribution is -0.119. The number of amides is 3. The van der Waals surface area contributed by atoms with Crippen LogP contribution in [0.3, 0.4) is 0 Å². The van der Waals surface area contributed by atoms with Crippen molar-refractivity contribution >= 4 is 23.3 Å². The molecule has 6 nitrogen and oxygen atoms in total. The maximum absolute atomic E-state index is 12.3. The molecule has 142 valence electrons. The molecule has 1 aromatic rings. The van der Waals surface area contributed by atoms with Crippen LogP contribution in [-0.2, 0) is 4.79 Å². The van der Waals surface area contributed by atoms with Crippen LogP contribution in [0, 0.1) is 18.8 Å². The monoisotopic (exact) mass is 358 g/mol. The topological polar surface area (TPSA) is 82.3 Å². The summed E-state index contributed by atoms with van der Waals surface area (Å²) in [5.41, 5.74) is 2.44. The first-order valence-electron chi connectivity index (χ1n) is 9.79. The number of piperidine rings is 1. The number of urea groups is 1. The van der Waals surface area contributed by atoms with Crippen LogP contribution in [0.5, 0.6) is 0 Å². The van der Waals surface area contributed by atoms with E-state index in [4.69, 9.17) is 0 Å². The van der Waals surface area contributed by atoms with E-state index in [2.05, 4.69) is 21.3 Å². The van der Waals surface area contributed by atoms with Crippen molar-refractivity contribution in [3.63, 3.8) is 0 Å². The zero-order chi connectivity index (χ0) is 18.4. The SMILES string of the molecule is Cc1ccc(NC(=O)C2CCCC2)cc1NC(=O)NCC1CCNCC1. The van der Waals surface area contributed by atoms with Crippen molar-refractivity contribution in [3.8, 4) is 0 Å². The van der Waals surface area contributed by atoms with Crippen LogP contribution in [0.15, 0.2) is 18.2 Å². The second kappa shape index (κ2) is 9.03. The second-order valence-electron chi connectivity index (χ2n) is 7.53. The van der Waals surface area contributed by atoms with Gasteiger partial charge < -0.3 is 21.3 Å². The molecule has 0 spiro atoms. The first kappa shape index (κ1) is 18.7. The number of aryl methyl sites for hydroxylation is 1. The molecule has 4 N–H and O–H groups in total. The predicted octanol–water partition coefficient (Wildman–Crippen LogP) is 3.24. The third-order valence-electron chi connectivity index (χ3n) is 5.49. The average molecular weight is 358 g/mol. The van der Waals surface area contributed by atoms with Crippen molar-refractivity contribution in [3.05, 3.63) is 23.8 Å². The van der Waals surface area contributed by atoms with Gasteiger partial charge in [0.15, 0.2) is 0 Å². The molecule has 3 amide bonds. The molecule has 0 aromatic heterocycles. The largest absolute Gasteiger partial charge is 0.338 e. The van der Waals surface area contributed by atoms with Gasteiger partial charge in [-0.15, -0.1) is 0 Å². The lowest BCUT2D eigenvalue weighted by Gasteiger charge is -2.23. The van der Waals surface area contributed by atoms with Crippen LogP contribution >= 0.6 is 0 Å². The van der Waals surface area contributed by atoms with E-state index in [0.29, 0.717) is 12.5 Å². The van der Waals surface area contributed by atoms with E-state index >= 15 is 0 Å². The van der Waals surface area contributed by atoms with Crippen LogP contribution in [0.4, 0.5) is 16.2 Å². The van der Waals surface area contributed by atoms with E-state index in [1.807, 2.05) is 25.1 Å². The van der Waals surface area contributed by atoms with Crippen LogP contribution in [-0.4, -0.2) is 31.6 Å². The summed E-state index contributed by atoms with van der Waals surface area (Å²) in [6.07, 6.45) is 6.42. The first-order valence-corrected chi connectivity index (χ1v) is 9.79. The summed E-state index contributed by atoms with van der Waals surface area (Å²) >= 11 is 0. The van der Waals surface area contributed by atoms with E-state index in [1.54, 1.807) is 0 Å². The summed E-state index contributed by atoms with van der Waals surface area (Å²) in [7, 11) is 0. The molecule has 6 heteroatoms. The number of hydrogen-bond acceptors (Lipinski definition) is 3. The Labute approximate surface area is 155 Å². The molecule has 1 aliphatic heterocycles. The van der Waals surface area contributed by atoms with Crippen molar-refractivity contribution in [1.82, 2.24) is 10.6 Å². The molecular weight excluding hydrogens is 328 g/mol. The highest BCUT2D eigenvalue weighted by atomic mass is 16.2. The molecule has 0 unspecified atom stereocenters. The Morgan fingerprint density at radius 2 is 1.81 bits per heavy atom. The maximum Gasteiger partial charge on any atom is 0.319 e. The molecule has 2 aliphatic rings. The zero-order valence-electron chi connectivity index (χ0n) is 15.6. The average Bonchev–Trinajstić information content (AvgIpc) is 3.18. The van der Waals surface area contributed by atoms with E-state index < -0.39 is 0 Å². The predicted molar refractivity (Wildman–Crippen MR) is 104 cm³/mol. The normalized spacial score (nSPS) is 18.5. The van der Waals surface area contributed by atoms with Gasteiger partial charge in [-0.05, 0) is 69.3 Å². The summed E-state index contributed by atoms with van der Waals surface area (Å²) in [6.45, 7) is 4.70. The van der Waals surface area contributed by atoms with Gasteiger partial charge in [0, 0.05) is 23.8 Å². The van der Waals surface area contributed by atoms with Gasteiger partial charge in [0.2, 0.25) is 5.91 Å². The van der Waals surface area contributed by atoms with Crippen LogP contribution in [0.25, 0.3) is 0 Å². The minimum atomic E-state index is -0.189. The molecule has 1 heterocycles. The number of carbonyl (C=O) groups excluding carboxylic acids is 2. The minimum absolute atomic E-state index is 0.0904. The van der Waals surface area contributed by atoms with E-state index in [-0.39, 0.29) is 17.9 Å². The Bertz CT molecular complexity index is 635. The molecular formula is C20H30N4O2. The van der Waals surface area contributed by atoms with Crippen molar-refractivity contribution in [2.45, 2.75) is 45.4 Å².